The van der Waals surface area contributed by atoms with Crippen LogP contribution in [-0.4, -0.2) is 48.1 Å². The lowest BCUT2D eigenvalue weighted by atomic mass is 10.4. The highest BCUT2D eigenvalue weighted by Gasteiger charge is 2.21. The van der Waals surface area contributed by atoms with E-state index in [4.69, 9.17) is 0 Å². The molecule has 1 aromatic rings. The Morgan fingerprint density at radius 2 is 2.18 bits per heavy atom. The van der Waals surface area contributed by atoms with Crippen LogP contribution in [0.25, 0.3) is 0 Å². The number of sulfone groups is 1. The molecule has 1 aromatic heterocycles. The molecule has 0 bridgehead atoms. The first-order valence-electron chi connectivity index (χ1n) is 5.47. The van der Waals surface area contributed by atoms with Crippen LogP contribution in [0.2, 0.25) is 0 Å². The molecule has 2 rings (SSSR count). The summed E-state index contributed by atoms with van der Waals surface area (Å²) in [5, 5.41) is 0.0594. The van der Waals surface area contributed by atoms with Crippen LogP contribution in [0.4, 0.5) is 0 Å². The molecule has 17 heavy (non-hydrogen) atoms. The van der Waals surface area contributed by atoms with Gasteiger partial charge in [0, 0.05) is 44.7 Å². The summed E-state index contributed by atoms with van der Waals surface area (Å²) in [6.45, 7) is 1.77. The summed E-state index contributed by atoms with van der Waals surface area (Å²) in [5.74, 6) is 0.144. The number of nitrogens with zero attached hydrogens (tertiary/aromatic N) is 3. The highest BCUT2D eigenvalue weighted by atomic mass is 32.2. The van der Waals surface area contributed by atoms with Gasteiger partial charge in [-0.3, -0.25) is 4.79 Å². The molecule has 0 aliphatic carbocycles. The van der Waals surface area contributed by atoms with Crippen LogP contribution in [0, 0.1) is 0 Å². The van der Waals surface area contributed by atoms with Crippen molar-refractivity contribution in [2.24, 2.45) is 0 Å². The molecule has 2 heterocycles. The first-order valence-corrected chi connectivity index (χ1v) is 7.36. The quantitative estimate of drug-likeness (QED) is 0.755. The Balaban J connectivity index is 2.05. The van der Waals surface area contributed by atoms with Crippen LogP contribution in [-0.2, 0) is 21.2 Å². The zero-order valence-electron chi connectivity index (χ0n) is 9.66. The van der Waals surface area contributed by atoms with Crippen LogP contribution in [0.15, 0.2) is 17.6 Å². The second-order valence-electron chi connectivity index (χ2n) is 4.16. The van der Waals surface area contributed by atoms with Crippen LogP contribution in [0.5, 0.6) is 0 Å². The number of hydrogen-bond donors (Lipinski definition) is 0. The summed E-state index contributed by atoms with van der Waals surface area (Å²) < 4.78 is 24.4. The zero-order chi connectivity index (χ0) is 12.5. The molecule has 6 nitrogen and oxygen atoms in total. The summed E-state index contributed by atoms with van der Waals surface area (Å²) in [6, 6.07) is 0. The van der Waals surface area contributed by atoms with Gasteiger partial charge in [0.1, 0.15) is 0 Å². The third-order valence-corrected chi connectivity index (χ3v) is 3.79. The molecule has 0 radical (unpaired) electrons. The molecular weight excluding hydrogens is 242 g/mol. The predicted octanol–water partition coefficient (Wildman–Crippen LogP) is -0.0910. The molecule has 1 aliphatic rings. The summed E-state index contributed by atoms with van der Waals surface area (Å²) in [7, 11) is -3.30. The first-order chi connectivity index (χ1) is 7.98. The maximum absolute atomic E-state index is 11.4. The number of rotatable bonds is 4. The minimum Gasteiger partial charge on any atom is -0.341 e. The fraction of sp³-hybridized carbons (Fsp3) is 0.600. The number of amides is 1. The van der Waals surface area contributed by atoms with Crippen LogP contribution >= 0.6 is 0 Å². The largest absolute Gasteiger partial charge is 0.341 e. The Morgan fingerprint density at radius 3 is 2.76 bits per heavy atom. The molecule has 0 saturated carbocycles. The van der Waals surface area contributed by atoms with E-state index in [1.54, 1.807) is 15.7 Å². The second kappa shape index (κ2) is 4.48. The fourth-order valence-corrected chi connectivity index (χ4v) is 2.79. The van der Waals surface area contributed by atoms with E-state index >= 15 is 0 Å². The Bertz CT molecular complexity index is 521. The van der Waals surface area contributed by atoms with E-state index in [-0.39, 0.29) is 11.1 Å². The maximum Gasteiger partial charge on any atom is 0.227 e. The van der Waals surface area contributed by atoms with Gasteiger partial charge < -0.3 is 9.47 Å². The standard InChI is InChI=1S/C10H15N3O3S/c1-17(15,16)10-11-4-6-13(10)8-7-12-5-2-3-9(12)14/h4,6H,2-3,5,7-8H2,1H3. The van der Waals surface area contributed by atoms with E-state index in [0.29, 0.717) is 19.5 Å². The van der Waals surface area contributed by atoms with Gasteiger partial charge in [0.2, 0.25) is 20.9 Å². The number of hydrogen-bond acceptors (Lipinski definition) is 4. The van der Waals surface area contributed by atoms with E-state index in [2.05, 4.69) is 4.98 Å². The van der Waals surface area contributed by atoms with E-state index in [9.17, 15) is 13.2 Å². The summed E-state index contributed by atoms with van der Waals surface area (Å²) in [4.78, 5) is 17.0. The van der Waals surface area contributed by atoms with Gasteiger partial charge in [-0.15, -0.1) is 0 Å². The monoisotopic (exact) mass is 257 g/mol. The minimum atomic E-state index is -3.30. The van der Waals surface area contributed by atoms with Crippen molar-refractivity contribution in [1.29, 1.82) is 0 Å². The minimum absolute atomic E-state index is 0.0594. The van der Waals surface area contributed by atoms with Gasteiger partial charge in [0.15, 0.2) is 0 Å². The van der Waals surface area contributed by atoms with Crippen LogP contribution in [0.3, 0.4) is 0 Å². The van der Waals surface area contributed by atoms with Crippen molar-refractivity contribution >= 4 is 15.7 Å². The average Bonchev–Trinajstić information content (AvgIpc) is 2.82. The van der Waals surface area contributed by atoms with Gasteiger partial charge in [-0.25, -0.2) is 13.4 Å². The topological polar surface area (TPSA) is 72.3 Å². The number of likely N-dealkylation sites (tertiary alicyclic amines) is 1. The molecule has 1 amide bonds. The van der Waals surface area contributed by atoms with Crippen molar-refractivity contribution in [3.8, 4) is 0 Å². The summed E-state index contributed by atoms with van der Waals surface area (Å²) in [6.07, 6.45) is 5.70. The van der Waals surface area contributed by atoms with Crippen LogP contribution in [0.1, 0.15) is 12.8 Å². The maximum atomic E-state index is 11.4. The molecule has 94 valence electrons. The Morgan fingerprint density at radius 1 is 1.41 bits per heavy atom. The van der Waals surface area contributed by atoms with Crippen molar-refractivity contribution < 1.29 is 13.2 Å². The molecular formula is C10H15N3O3S. The van der Waals surface area contributed by atoms with Gasteiger partial charge in [0.05, 0.1) is 0 Å². The fourth-order valence-electron chi connectivity index (χ4n) is 1.96. The Kier molecular flexibility index (Phi) is 3.19. The first kappa shape index (κ1) is 12.1. The number of carbonyl (C=O) groups excluding carboxylic acids is 1. The van der Waals surface area contributed by atoms with E-state index in [0.717, 1.165) is 19.2 Å². The lowest BCUT2D eigenvalue weighted by Gasteiger charge is -2.16. The second-order valence-corrected chi connectivity index (χ2v) is 6.07. The molecule has 0 unspecified atom stereocenters. The van der Waals surface area contributed by atoms with Crippen molar-refractivity contribution in [2.45, 2.75) is 24.5 Å². The van der Waals surface area contributed by atoms with Gasteiger partial charge in [0.25, 0.3) is 0 Å². The molecule has 0 spiro atoms. The van der Waals surface area contributed by atoms with Gasteiger partial charge in [-0.05, 0) is 6.42 Å². The summed E-state index contributed by atoms with van der Waals surface area (Å²) >= 11 is 0. The SMILES string of the molecule is CS(=O)(=O)c1nccn1CCN1CCCC1=O. The van der Waals surface area contributed by atoms with Crippen molar-refractivity contribution in [3.63, 3.8) is 0 Å². The van der Waals surface area contributed by atoms with Crippen LogP contribution < -0.4 is 0 Å². The van der Waals surface area contributed by atoms with Gasteiger partial charge in [-0.1, -0.05) is 0 Å². The molecule has 0 aromatic carbocycles. The smallest absolute Gasteiger partial charge is 0.227 e. The molecule has 0 N–H and O–H groups in total. The van der Waals surface area contributed by atoms with E-state index in [1.165, 1.54) is 6.20 Å². The highest BCUT2D eigenvalue weighted by molar-refractivity contribution is 7.90. The van der Waals surface area contributed by atoms with Gasteiger partial charge >= 0.3 is 0 Å². The predicted molar refractivity (Wildman–Crippen MR) is 61.2 cm³/mol. The molecule has 1 fully saturated rings. The van der Waals surface area contributed by atoms with E-state index < -0.39 is 9.84 Å². The van der Waals surface area contributed by atoms with Gasteiger partial charge in [-0.2, -0.15) is 0 Å². The lowest BCUT2D eigenvalue weighted by Crippen LogP contribution is -2.29. The molecule has 1 aliphatic heterocycles. The third-order valence-electron chi connectivity index (χ3n) is 2.79. The lowest BCUT2D eigenvalue weighted by molar-refractivity contribution is -0.127. The van der Waals surface area contributed by atoms with Crippen molar-refractivity contribution in [3.05, 3.63) is 12.4 Å². The molecule has 1 saturated heterocycles. The zero-order valence-corrected chi connectivity index (χ0v) is 10.5. The average molecular weight is 257 g/mol. The Labute approximate surface area is 100 Å². The number of imidazole rings is 1. The molecule has 7 heteroatoms. The highest BCUT2D eigenvalue weighted by Crippen LogP contribution is 2.11. The van der Waals surface area contributed by atoms with Crippen molar-refractivity contribution in [1.82, 2.24) is 14.5 Å². The summed E-state index contributed by atoms with van der Waals surface area (Å²) in [5.41, 5.74) is 0. The Hall–Kier alpha value is -1.37. The molecule has 0 atom stereocenters. The van der Waals surface area contributed by atoms with Crippen molar-refractivity contribution in [2.75, 3.05) is 19.3 Å². The van der Waals surface area contributed by atoms with E-state index in [1.807, 2.05) is 0 Å². The number of aromatic nitrogens is 2. The number of carbonyl (C=O) groups is 1. The third kappa shape index (κ3) is 2.66. The normalized spacial score (nSPS) is 16.8.